The molecule has 0 radical (unpaired) electrons. The fourth-order valence-electron chi connectivity index (χ4n) is 2.17. The summed E-state index contributed by atoms with van der Waals surface area (Å²) < 4.78 is 31.6. The zero-order valence-corrected chi connectivity index (χ0v) is 13.5. The van der Waals surface area contributed by atoms with E-state index in [1.54, 1.807) is 11.1 Å². The lowest BCUT2D eigenvalue weighted by atomic mass is 10.2. The van der Waals surface area contributed by atoms with Crippen molar-refractivity contribution in [3.05, 3.63) is 59.8 Å². The van der Waals surface area contributed by atoms with Gasteiger partial charge in [-0.3, -0.25) is 0 Å². The van der Waals surface area contributed by atoms with E-state index in [9.17, 15) is 13.2 Å². The van der Waals surface area contributed by atoms with Crippen LogP contribution in [0.2, 0.25) is 0 Å². The minimum atomic E-state index is -3.40. The SMILES string of the molecule is O=C(OCC#Cc1ccccc1)C1=CN2CCS(=O)(=O)N=C2C=C1. The molecular weight excluding hydrogens is 328 g/mol. The van der Waals surface area contributed by atoms with Crippen LogP contribution in [0.4, 0.5) is 0 Å². The van der Waals surface area contributed by atoms with Crippen molar-refractivity contribution >= 4 is 21.8 Å². The van der Waals surface area contributed by atoms with Crippen LogP contribution in [0.15, 0.2) is 58.7 Å². The zero-order valence-electron chi connectivity index (χ0n) is 12.7. The van der Waals surface area contributed by atoms with Crippen LogP contribution in [0, 0.1) is 11.8 Å². The van der Waals surface area contributed by atoms with Gasteiger partial charge in [-0.2, -0.15) is 0 Å². The van der Waals surface area contributed by atoms with Crippen LogP contribution in [0.3, 0.4) is 0 Å². The second-order valence-electron chi connectivity index (χ2n) is 5.09. The van der Waals surface area contributed by atoms with Crippen LogP contribution in [-0.4, -0.2) is 44.0 Å². The molecule has 0 atom stereocenters. The molecule has 0 N–H and O–H groups in total. The quantitative estimate of drug-likeness (QED) is 0.594. The molecular formula is C17H14N2O4S. The predicted octanol–water partition coefficient (Wildman–Crippen LogP) is 1.08. The lowest BCUT2D eigenvalue weighted by molar-refractivity contribution is -0.137. The van der Waals surface area contributed by atoms with Crippen molar-refractivity contribution < 1.29 is 17.9 Å². The van der Waals surface area contributed by atoms with E-state index >= 15 is 0 Å². The van der Waals surface area contributed by atoms with Crippen molar-refractivity contribution in [2.24, 2.45) is 4.40 Å². The lowest BCUT2D eigenvalue weighted by Gasteiger charge is -2.26. The zero-order chi connectivity index (χ0) is 17.0. The van der Waals surface area contributed by atoms with Crippen molar-refractivity contribution in [2.45, 2.75) is 0 Å². The largest absolute Gasteiger partial charge is 0.449 e. The number of carbonyl (C=O) groups is 1. The summed E-state index contributed by atoms with van der Waals surface area (Å²) in [4.78, 5) is 13.6. The Bertz CT molecular complexity index is 903. The van der Waals surface area contributed by atoms with Gasteiger partial charge in [0.15, 0.2) is 6.61 Å². The van der Waals surface area contributed by atoms with E-state index in [4.69, 9.17) is 4.74 Å². The third kappa shape index (κ3) is 3.91. The van der Waals surface area contributed by atoms with Crippen LogP contribution in [0.25, 0.3) is 0 Å². The Hall–Kier alpha value is -2.85. The van der Waals surface area contributed by atoms with E-state index in [1.165, 1.54) is 12.2 Å². The molecule has 1 aromatic carbocycles. The van der Waals surface area contributed by atoms with Crippen LogP contribution in [0.5, 0.6) is 0 Å². The number of carbonyl (C=O) groups excluding carboxylic acids is 1. The Kier molecular flexibility index (Phi) is 4.49. The van der Waals surface area contributed by atoms with Crippen LogP contribution in [-0.2, 0) is 19.6 Å². The summed E-state index contributed by atoms with van der Waals surface area (Å²) in [6.07, 6.45) is 4.52. The number of fused-ring (bicyclic) bond motifs is 1. The summed E-state index contributed by atoms with van der Waals surface area (Å²) in [6, 6.07) is 9.40. The van der Waals surface area contributed by atoms with Gasteiger partial charge >= 0.3 is 5.97 Å². The number of esters is 1. The van der Waals surface area contributed by atoms with Gasteiger partial charge in [0, 0.05) is 18.3 Å². The fourth-order valence-corrected chi connectivity index (χ4v) is 3.14. The first kappa shape index (κ1) is 16.0. The third-order valence-corrected chi connectivity index (χ3v) is 4.51. The smallest absolute Gasteiger partial charge is 0.340 e. The maximum absolute atomic E-state index is 12.0. The molecule has 1 aromatic rings. The molecule has 122 valence electrons. The predicted molar refractivity (Wildman–Crippen MR) is 89.4 cm³/mol. The molecule has 0 aromatic heterocycles. The van der Waals surface area contributed by atoms with Gasteiger partial charge < -0.3 is 9.64 Å². The molecule has 2 aliphatic rings. The standard InChI is InChI=1S/C17H14N2O4S/c20-17(23-11-4-7-14-5-2-1-3-6-14)15-8-9-16-18-24(21,22)12-10-19(16)13-15/h1-3,5-6,8-9,13H,10-12H2. The van der Waals surface area contributed by atoms with Crippen LogP contribution < -0.4 is 0 Å². The highest BCUT2D eigenvalue weighted by atomic mass is 32.2. The topological polar surface area (TPSA) is 76.0 Å². The summed E-state index contributed by atoms with van der Waals surface area (Å²) >= 11 is 0. The number of amidine groups is 1. The third-order valence-electron chi connectivity index (χ3n) is 3.34. The average Bonchev–Trinajstić information content (AvgIpc) is 2.58. The molecule has 0 saturated heterocycles. The van der Waals surface area contributed by atoms with Gasteiger partial charge in [-0.15, -0.1) is 4.40 Å². The van der Waals surface area contributed by atoms with Gasteiger partial charge in [0.1, 0.15) is 5.84 Å². The molecule has 0 aliphatic carbocycles. The molecule has 0 unspecified atom stereocenters. The van der Waals surface area contributed by atoms with Gasteiger partial charge in [0.25, 0.3) is 10.0 Å². The van der Waals surface area contributed by atoms with Gasteiger partial charge in [-0.1, -0.05) is 30.0 Å². The highest BCUT2D eigenvalue weighted by Crippen LogP contribution is 2.16. The molecule has 7 heteroatoms. The second kappa shape index (κ2) is 6.72. The lowest BCUT2D eigenvalue weighted by Crippen LogP contribution is -2.37. The Morgan fingerprint density at radius 2 is 2.04 bits per heavy atom. The highest BCUT2D eigenvalue weighted by Gasteiger charge is 2.25. The first-order valence-corrected chi connectivity index (χ1v) is 8.85. The molecule has 24 heavy (non-hydrogen) atoms. The molecule has 0 bridgehead atoms. The summed E-state index contributed by atoms with van der Waals surface area (Å²) in [5, 5.41) is 0. The minimum absolute atomic E-state index is 0.0196. The van der Waals surface area contributed by atoms with Crippen molar-refractivity contribution in [2.75, 3.05) is 18.9 Å². The Morgan fingerprint density at radius 1 is 1.25 bits per heavy atom. The Morgan fingerprint density at radius 3 is 2.83 bits per heavy atom. The molecule has 3 rings (SSSR count). The first-order chi connectivity index (χ1) is 11.5. The molecule has 0 saturated carbocycles. The van der Waals surface area contributed by atoms with E-state index < -0.39 is 16.0 Å². The monoisotopic (exact) mass is 342 g/mol. The number of benzene rings is 1. The molecule has 0 spiro atoms. The van der Waals surface area contributed by atoms with Gasteiger partial charge in [0.05, 0.1) is 11.3 Å². The molecule has 0 fully saturated rings. The van der Waals surface area contributed by atoms with E-state index in [0.29, 0.717) is 11.4 Å². The highest BCUT2D eigenvalue weighted by molar-refractivity contribution is 7.90. The van der Waals surface area contributed by atoms with Crippen molar-refractivity contribution in [3.63, 3.8) is 0 Å². The normalized spacial score (nSPS) is 17.8. The number of nitrogens with zero attached hydrogens (tertiary/aromatic N) is 2. The second-order valence-corrected chi connectivity index (χ2v) is 6.85. The number of ether oxygens (including phenoxy) is 1. The number of hydrogen-bond donors (Lipinski definition) is 0. The van der Waals surface area contributed by atoms with Crippen LogP contribution in [0.1, 0.15) is 5.56 Å². The van der Waals surface area contributed by atoms with E-state index in [-0.39, 0.29) is 18.9 Å². The Labute approximate surface area is 140 Å². The number of sulfonamides is 1. The minimum Gasteiger partial charge on any atom is -0.449 e. The summed E-state index contributed by atoms with van der Waals surface area (Å²) in [6.45, 7) is 0.240. The van der Waals surface area contributed by atoms with Crippen molar-refractivity contribution in [1.29, 1.82) is 0 Å². The fraction of sp³-hybridized carbons (Fsp3) is 0.176. The van der Waals surface area contributed by atoms with Gasteiger partial charge in [-0.25, -0.2) is 13.2 Å². The van der Waals surface area contributed by atoms with Gasteiger partial charge in [0.2, 0.25) is 0 Å². The molecule has 2 aliphatic heterocycles. The maximum Gasteiger partial charge on any atom is 0.340 e. The first-order valence-electron chi connectivity index (χ1n) is 7.24. The van der Waals surface area contributed by atoms with Crippen LogP contribution >= 0.6 is 0 Å². The van der Waals surface area contributed by atoms with E-state index in [1.807, 2.05) is 30.3 Å². The number of rotatable bonds is 2. The van der Waals surface area contributed by atoms with E-state index in [2.05, 4.69) is 16.2 Å². The maximum atomic E-state index is 12.0. The van der Waals surface area contributed by atoms with E-state index in [0.717, 1.165) is 5.56 Å². The van der Waals surface area contributed by atoms with Crippen molar-refractivity contribution in [1.82, 2.24) is 4.90 Å². The van der Waals surface area contributed by atoms with Gasteiger partial charge in [-0.05, 0) is 24.3 Å². The summed E-state index contributed by atoms with van der Waals surface area (Å²) in [7, 11) is -3.40. The summed E-state index contributed by atoms with van der Waals surface area (Å²) in [5.41, 5.74) is 1.18. The molecule has 0 amide bonds. The molecule has 6 nitrogen and oxygen atoms in total. The molecule has 2 heterocycles. The number of hydrogen-bond acceptors (Lipinski definition) is 5. The Balaban J connectivity index is 1.60. The van der Waals surface area contributed by atoms with Crippen molar-refractivity contribution in [3.8, 4) is 11.8 Å². The average molecular weight is 342 g/mol. The summed E-state index contributed by atoms with van der Waals surface area (Å²) in [5.74, 6) is 5.39.